The molecule has 1 unspecified atom stereocenters. The van der Waals surface area contributed by atoms with E-state index in [-0.39, 0.29) is 11.6 Å². The van der Waals surface area contributed by atoms with Gasteiger partial charge in [0.2, 0.25) is 0 Å². The zero-order valence-electron chi connectivity index (χ0n) is 15.4. The Hall–Kier alpha value is -2.46. The summed E-state index contributed by atoms with van der Waals surface area (Å²) in [5, 5.41) is 0. The minimum Gasteiger partial charge on any atom is -0.378 e. The van der Waals surface area contributed by atoms with Crippen LogP contribution in [0.3, 0.4) is 0 Å². The molecule has 0 bridgehead atoms. The van der Waals surface area contributed by atoms with Crippen LogP contribution in [0, 0.1) is 12.8 Å². The summed E-state index contributed by atoms with van der Waals surface area (Å²) in [4.78, 5) is 27.9. The number of hydrogen-bond donors (Lipinski definition) is 0. The van der Waals surface area contributed by atoms with Crippen molar-refractivity contribution in [3.63, 3.8) is 0 Å². The van der Waals surface area contributed by atoms with Crippen molar-refractivity contribution in [1.29, 1.82) is 0 Å². The highest BCUT2D eigenvalue weighted by atomic mass is 16.5. The summed E-state index contributed by atoms with van der Waals surface area (Å²) in [7, 11) is 0. The van der Waals surface area contributed by atoms with Gasteiger partial charge in [0.1, 0.15) is 0 Å². The number of anilines is 1. The molecule has 0 aliphatic carbocycles. The van der Waals surface area contributed by atoms with E-state index in [1.165, 1.54) is 0 Å². The lowest BCUT2D eigenvalue weighted by Gasteiger charge is -2.29. The van der Waals surface area contributed by atoms with Gasteiger partial charge in [-0.15, -0.1) is 0 Å². The zero-order chi connectivity index (χ0) is 18.5. The highest BCUT2D eigenvalue weighted by Crippen LogP contribution is 2.22. The molecule has 2 aromatic rings. The van der Waals surface area contributed by atoms with Crippen molar-refractivity contribution >= 4 is 17.3 Å². The summed E-state index contributed by atoms with van der Waals surface area (Å²) in [5.41, 5.74) is 3.37. The van der Waals surface area contributed by atoms with Crippen LogP contribution < -0.4 is 4.90 Å². The van der Waals surface area contributed by atoms with E-state index in [0.29, 0.717) is 17.5 Å². The molecule has 1 saturated heterocycles. The number of hydrogen-bond acceptors (Lipinski definition) is 4. The lowest BCUT2D eigenvalue weighted by Crippen LogP contribution is -2.36. The van der Waals surface area contributed by atoms with E-state index in [9.17, 15) is 9.59 Å². The van der Waals surface area contributed by atoms with Crippen LogP contribution in [0.5, 0.6) is 0 Å². The molecule has 4 heteroatoms. The molecule has 1 fully saturated rings. The molecule has 0 radical (unpaired) electrons. The summed E-state index contributed by atoms with van der Waals surface area (Å²) in [6.45, 7) is 7.03. The van der Waals surface area contributed by atoms with Gasteiger partial charge in [0.15, 0.2) is 11.6 Å². The predicted molar refractivity (Wildman–Crippen MR) is 103 cm³/mol. The van der Waals surface area contributed by atoms with Crippen molar-refractivity contribution in [2.24, 2.45) is 5.92 Å². The fourth-order valence-electron chi connectivity index (χ4n) is 3.27. The fourth-order valence-corrected chi connectivity index (χ4v) is 3.27. The number of morpholine rings is 1. The second kappa shape index (κ2) is 8.28. The Balaban J connectivity index is 1.75. The van der Waals surface area contributed by atoms with Gasteiger partial charge in [-0.2, -0.15) is 0 Å². The maximum absolute atomic E-state index is 12.9. The first-order chi connectivity index (χ1) is 12.6. The molecule has 26 heavy (non-hydrogen) atoms. The smallest absolute Gasteiger partial charge is 0.173 e. The van der Waals surface area contributed by atoms with Crippen molar-refractivity contribution < 1.29 is 14.3 Å². The maximum Gasteiger partial charge on any atom is 0.173 e. The number of carbonyl (C=O) groups excluding carboxylic acids is 2. The normalized spacial score (nSPS) is 15.5. The monoisotopic (exact) mass is 351 g/mol. The topological polar surface area (TPSA) is 46.6 Å². The molecule has 0 spiro atoms. The quantitative estimate of drug-likeness (QED) is 0.584. The minimum absolute atomic E-state index is 0.102. The Morgan fingerprint density at radius 3 is 1.92 bits per heavy atom. The molecule has 136 valence electrons. The number of ether oxygens (including phenoxy) is 1. The molecule has 3 rings (SSSR count). The van der Waals surface area contributed by atoms with E-state index < -0.39 is 5.92 Å². The van der Waals surface area contributed by atoms with Crippen molar-refractivity contribution in [3.8, 4) is 0 Å². The minimum atomic E-state index is -0.632. The van der Waals surface area contributed by atoms with Gasteiger partial charge in [0, 0.05) is 29.9 Å². The van der Waals surface area contributed by atoms with Gasteiger partial charge in [0.05, 0.1) is 19.1 Å². The predicted octanol–water partition coefficient (Wildman–Crippen LogP) is 3.92. The summed E-state index contributed by atoms with van der Waals surface area (Å²) in [5.74, 6) is -0.840. The average Bonchev–Trinajstić information content (AvgIpc) is 2.69. The van der Waals surface area contributed by atoms with Gasteiger partial charge in [-0.1, -0.05) is 36.8 Å². The van der Waals surface area contributed by atoms with E-state index >= 15 is 0 Å². The third-order valence-electron chi connectivity index (χ3n) is 4.91. The molecule has 2 aromatic carbocycles. The number of rotatable bonds is 6. The van der Waals surface area contributed by atoms with Crippen molar-refractivity contribution in [2.75, 3.05) is 31.2 Å². The lowest BCUT2D eigenvalue weighted by atomic mass is 9.88. The van der Waals surface area contributed by atoms with E-state index in [2.05, 4.69) is 4.90 Å². The summed E-state index contributed by atoms with van der Waals surface area (Å²) in [6, 6.07) is 15.0. The van der Waals surface area contributed by atoms with E-state index in [1.54, 1.807) is 12.1 Å². The fraction of sp³-hybridized carbons (Fsp3) is 0.364. The third-order valence-corrected chi connectivity index (χ3v) is 4.91. The third kappa shape index (κ3) is 4.02. The van der Waals surface area contributed by atoms with Crippen LogP contribution in [0.2, 0.25) is 0 Å². The van der Waals surface area contributed by atoms with Crippen LogP contribution in [0.4, 0.5) is 5.69 Å². The number of carbonyl (C=O) groups is 2. The summed E-state index contributed by atoms with van der Waals surface area (Å²) < 4.78 is 5.37. The molecule has 0 aromatic heterocycles. The second-order valence-electron chi connectivity index (χ2n) is 6.70. The van der Waals surface area contributed by atoms with Crippen LogP contribution in [-0.4, -0.2) is 37.9 Å². The van der Waals surface area contributed by atoms with Crippen molar-refractivity contribution in [1.82, 2.24) is 0 Å². The standard InChI is InChI=1S/C22H25NO3/c1-3-20(21(24)17-6-4-16(2)5-7-17)22(25)18-8-10-19(11-9-18)23-12-14-26-15-13-23/h4-11,20H,3,12-15H2,1-2H3. The number of benzene rings is 2. The Morgan fingerprint density at radius 2 is 1.42 bits per heavy atom. The SMILES string of the molecule is CCC(C(=O)c1ccc(C)cc1)C(=O)c1ccc(N2CCOCC2)cc1. The number of Topliss-reactive ketones (excluding diaryl/α,β-unsaturated/α-hetero) is 2. The van der Waals surface area contributed by atoms with Crippen LogP contribution in [-0.2, 0) is 4.74 Å². The average molecular weight is 351 g/mol. The van der Waals surface area contributed by atoms with Crippen LogP contribution in [0.15, 0.2) is 48.5 Å². The lowest BCUT2D eigenvalue weighted by molar-refractivity contribution is 0.0803. The first-order valence-corrected chi connectivity index (χ1v) is 9.18. The number of ketones is 2. The van der Waals surface area contributed by atoms with E-state index in [1.807, 2.05) is 50.2 Å². The van der Waals surface area contributed by atoms with Crippen LogP contribution in [0.1, 0.15) is 39.6 Å². The Morgan fingerprint density at radius 1 is 0.923 bits per heavy atom. The number of aryl methyl sites for hydroxylation is 1. The van der Waals surface area contributed by atoms with Gasteiger partial charge in [-0.25, -0.2) is 0 Å². The van der Waals surface area contributed by atoms with E-state index in [4.69, 9.17) is 4.74 Å². The Bertz CT molecular complexity index is 759. The Kier molecular flexibility index (Phi) is 5.84. The van der Waals surface area contributed by atoms with Gasteiger partial charge in [-0.05, 0) is 37.6 Å². The number of nitrogens with zero attached hydrogens (tertiary/aromatic N) is 1. The summed E-state index contributed by atoms with van der Waals surface area (Å²) >= 11 is 0. The molecule has 1 atom stereocenters. The molecular formula is C22H25NO3. The van der Waals surface area contributed by atoms with Crippen molar-refractivity contribution in [3.05, 3.63) is 65.2 Å². The van der Waals surface area contributed by atoms with Crippen LogP contribution in [0.25, 0.3) is 0 Å². The molecule has 0 amide bonds. The summed E-state index contributed by atoms with van der Waals surface area (Å²) in [6.07, 6.45) is 0.497. The highest BCUT2D eigenvalue weighted by molar-refractivity contribution is 6.16. The molecule has 0 saturated carbocycles. The molecule has 4 nitrogen and oxygen atoms in total. The maximum atomic E-state index is 12.9. The van der Waals surface area contributed by atoms with Gasteiger partial charge < -0.3 is 9.64 Å². The zero-order valence-corrected chi connectivity index (χ0v) is 15.4. The van der Waals surface area contributed by atoms with Crippen LogP contribution >= 0.6 is 0 Å². The first-order valence-electron chi connectivity index (χ1n) is 9.18. The molecular weight excluding hydrogens is 326 g/mol. The van der Waals surface area contributed by atoms with Crippen molar-refractivity contribution in [2.45, 2.75) is 20.3 Å². The molecule has 1 aliphatic heterocycles. The van der Waals surface area contributed by atoms with Gasteiger partial charge in [0.25, 0.3) is 0 Å². The Labute approximate surface area is 154 Å². The van der Waals surface area contributed by atoms with Gasteiger partial charge >= 0.3 is 0 Å². The molecule has 0 N–H and O–H groups in total. The van der Waals surface area contributed by atoms with E-state index in [0.717, 1.165) is 37.6 Å². The molecule has 1 heterocycles. The highest BCUT2D eigenvalue weighted by Gasteiger charge is 2.27. The second-order valence-corrected chi connectivity index (χ2v) is 6.70. The first kappa shape index (κ1) is 18.3. The largest absolute Gasteiger partial charge is 0.378 e. The molecule has 1 aliphatic rings. The van der Waals surface area contributed by atoms with Gasteiger partial charge in [-0.3, -0.25) is 9.59 Å².